The summed E-state index contributed by atoms with van der Waals surface area (Å²) in [6, 6.07) is 14.8. The van der Waals surface area contributed by atoms with E-state index >= 15 is 0 Å². The number of hydrogen-bond donors (Lipinski definition) is 1. The Kier molecular flexibility index (Phi) is 8.12. The maximum absolute atomic E-state index is 12.9. The summed E-state index contributed by atoms with van der Waals surface area (Å²) >= 11 is 3.24. The molecule has 1 unspecified atom stereocenters. The molecule has 2 aromatic carbocycles. The molecule has 0 aliphatic rings. The summed E-state index contributed by atoms with van der Waals surface area (Å²) in [6.45, 7) is 3.48. The van der Waals surface area contributed by atoms with E-state index in [1.54, 1.807) is 19.1 Å². The number of methoxy groups -OCH3 is 1. The number of nitro groups is 1. The average molecular weight is 526 g/mol. The second-order valence-corrected chi connectivity index (χ2v) is 8.57. The number of esters is 1. The van der Waals surface area contributed by atoms with Gasteiger partial charge < -0.3 is 10.1 Å². The van der Waals surface area contributed by atoms with E-state index in [0.29, 0.717) is 28.4 Å². The first kappa shape index (κ1) is 25.0. The Hall–Kier alpha value is -3.59. The highest BCUT2D eigenvalue weighted by Crippen LogP contribution is 2.32. The molecule has 176 valence electrons. The summed E-state index contributed by atoms with van der Waals surface area (Å²) in [4.78, 5) is 40.0. The Morgan fingerprint density at radius 1 is 1.18 bits per heavy atom. The van der Waals surface area contributed by atoms with Gasteiger partial charge in [0.15, 0.2) is 0 Å². The van der Waals surface area contributed by atoms with Gasteiger partial charge in [0.1, 0.15) is 0 Å². The number of halogens is 1. The van der Waals surface area contributed by atoms with Gasteiger partial charge in [0, 0.05) is 22.2 Å². The van der Waals surface area contributed by atoms with Crippen molar-refractivity contribution >= 4 is 39.3 Å². The molecule has 8 nitrogen and oxygen atoms in total. The van der Waals surface area contributed by atoms with E-state index < -0.39 is 16.8 Å². The van der Waals surface area contributed by atoms with Crippen LogP contribution in [-0.2, 0) is 16.0 Å². The molecule has 0 saturated heterocycles. The number of benzene rings is 2. The van der Waals surface area contributed by atoms with E-state index in [-0.39, 0.29) is 17.4 Å². The van der Waals surface area contributed by atoms with E-state index in [1.807, 2.05) is 43.3 Å². The van der Waals surface area contributed by atoms with Crippen LogP contribution in [0.3, 0.4) is 0 Å². The third-order valence-corrected chi connectivity index (χ3v) is 6.41. The molecule has 0 aliphatic heterocycles. The lowest BCUT2D eigenvalue weighted by Gasteiger charge is -2.16. The Labute approximate surface area is 205 Å². The maximum Gasteiger partial charge on any atom is 0.338 e. The van der Waals surface area contributed by atoms with Crippen LogP contribution in [0.15, 0.2) is 59.2 Å². The van der Waals surface area contributed by atoms with Gasteiger partial charge in [-0.1, -0.05) is 49.4 Å². The fourth-order valence-corrected chi connectivity index (χ4v) is 3.94. The first-order valence-electron chi connectivity index (χ1n) is 10.6. The van der Waals surface area contributed by atoms with Crippen LogP contribution in [0.25, 0.3) is 11.1 Å². The van der Waals surface area contributed by atoms with Crippen LogP contribution in [0.2, 0.25) is 0 Å². The molecule has 34 heavy (non-hydrogen) atoms. The zero-order valence-electron chi connectivity index (χ0n) is 19.0. The molecule has 0 radical (unpaired) electrons. The van der Waals surface area contributed by atoms with Crippen molar-refractivity contribution in [2.75, 3.05) is 12.4 Å². The van der Waals surface area contributed by atoms with Crippen LogP contribution in [0.5, 0.6) is 0 Å². The van der Waals surface area contributed by atoms with Crippen molar-refractivity contribution in [1.29, 1.82) is 0 Å². The van der Waals surface area contributed by atoms with Gasteiger partial charge in [-0.25, -0.2) is 9.78 Å². The smallest absolute Gasteiger partial charge is 0.338 e. The standard InChI is InChI=1S/C25H24BrN3O5/c1-4-17(24(30)28-23-22(29(32)33)15(2)21(26)14-27-23)13-16-9-11-18(12-10-16)19-7-5-6-8-20(19)25(31)34-3/h5-12,14,17H,4,13H2,1-3H3,(H,27,28,30). The highest BCUT2D eigenvalue weighted by molar-refractivity contribution is 9.10. The second-order valence-electron chi connectivity index (χ2n) is 7.72. The van der Waals surface area contributed by atoms with Crippen molar-refractivity contribution in [3.63, 3.8) is 0 Å². The minimum absolute atomic E-state index is 0.0658. The van der Waals surface area contributed by atoms with Crippen molar-refractivity contribution in [2.24, 2.45) is 5.92 Å². The molecule has 1 heterocycles. The van der Waals surface area contributed by atoms with Gasteiger partial charge in [-0.2, -0.15) is 0 Å². The fourth-order valence-electron chi connectivity index (χ4n) is 3.65. The van der Waals surface area contributed by atoms with Gasteiger partial charge in [0.25, 0.3) is 0 Å². The number of anilines is 1. The number of pyridine rings is 1. The van der Waals surface area contributed by atoms with E-state index in [0.717, 1.165) is 16.7 Å². The summed E-state index contributed by atoms with van der Waals surface area (Å²) in [7, 11) is 1.35. The van der Waals surface area contributed by atoms with Gasteiger partial charge in [-0.3, -0.25) is 14.9 Å². The molecule has 3 rings (SSSR count). The third-order valence-electron chi connectivity index (χ3n) is 5.61. The average Bonchev–Trinajstić information content (AvgIpc) is 2.84. The lowest BCUT2D eigenvalue weighted by atomic mass is 9.93. The first-order chi connectivity index (χ1) is 16.3. The van der Waals surface area contributed by atoms with Crippen LogP contribution in [-0.4, -0.2) is 28.9 Å². The number of nitrogens with one attached hydrogen (secondary N) is 1. The van der Waals surface area contributed by atoms with Crippen molar-refractivity contribution in [3.05, 3.63) is 86.0 Å². The largest absolute Gasteiger partial charge is 0.465 e. The molecular formula is C25H24BrN3O5. The molecule has 0 aliphatic carbocycles. The molecule has 1 amide bonds. The Morgan fingerprint density at radius 2 is 1.85 bits per heavy atom. The quantitative estimate of drug-likeness (QED) is 0.228. The van der Waals surface area contributed by atoms with E-state index in [2.05, 4.69) is 26.2 Å². The second kappa shape index (κ2) is 11.0. The lowest BCUT2D eigenvalue weighted by molar-refractivity contribution is -0.384. The maximum atomic E-state index is 12.9. The van der Waals surface area contributed by atoms with Crippen molar-refractivity contribution in [1.82, 2.24) is 4.98 Å². The Morgan fingerprint density at radius 3 is 2.47 bits per heavy atom. The van der Waals surface area contributed by atoms with Crippen LogP contribution >= 0.6 is 15.9 Å². The number of aromatic nitrogens is 1. The minimum atomic E-state index is -0.547. The number of hydrogen-bond acceptors (Lipinski definition) is 6. The monoisotopic (exact) mass is 525 g/mol. The number of amides is 1. The van der Waals surface area contributed by atoms with Gasteiger partial charge in [0.2, 0.25) is 11.7 Å². The van der Waals surface area contributed by atoms with Crippen LogP contribution in [0, 0.1) is 23.0 Å². The molecule has 3 aromatic rings. The molecule has 1 aromatic heterocycles. The number of ether oxygens (including phenoxy) is 1. The molecule has 0 saturated carbocycles. The highest BCUT2D eigenvalue weighted by atomic mass is 79.9. The normalized spacial score (nSPS) is 11.5. The molecule has 0 spiro atoms. The summed E-state index contributed by atoms with van der Waals surface area (Å²) in [6.07, 6.45) is 2.43. The molecule has 1 atom stereocenters. The number of carbonyl (C=O) groups excluding carboxylic acids is 2. The minimum Gasteiger partial charge on any atom is -0.465 e. The fraction of sp³-hybridized carbons (Fsp3) is 0.240. The molecule has 9 heteroatoms. The molecular weight excluding hydrogens is 502 g/mol. The van der Waals surface area contributed by atoms with E-state index in [4.69, 9.17) is 4.74 Å². The summed E-state index contributed by atoms with van der Waals surface area (Å²) in [5, 5.41) is 14.1. The van der Waals surface area contributed by atoms with Gasteiger partial charge >= 0.3 is 11.7 Å². The van der Waals surface area contributed by atoms with E-state index in [9.17, 15) is 19.7 Å². The predicted octanol–water partition coefficient (Wildman–Crippen LogP) is 5.72. The molecule has 0 fully saturated rings. The van der Waals surface area contributed by atoms with Crippen molar-refractivity contribution in [2.45, 2.75) is 26.7 Å². The van der Waals surface area contributed by atoms with Crippen LogP contribution in [0.1, 0.15) is 34.8 Å². The van der Waals surface area contributed by atoms with Crippen LogP contribution in [0.4, 0.5) is 11.5 Å². The summed E-state index contributed by atoms with van der Waals surface area (Å²) < 4.78 is 5.37. The molecule has 1 N–H and O–H groups in total. The van der Waals surface area contributed by atoms with Crippen molar-refractivity contribution < 1.29 is 19.2 Å². The van der Waals surface area contributed by atoms with Gasteiger partial charge in [0.05, 0.1) is 17.6 Å². The number of rotatable bonds is 8. The SMILES string of the molecule is CCC(Cc1ccc(-c2ccccc2C(=O)OC)cc1)C(=O)Nc1ncc(Br)c(C)c1[N+](=O)[O-]. The van der Waals surface area contributed by atoms with Gasteiger partial charge in [-0.05, 0) is 58.5 Å². The topological polar surface area (TPSA) is 111 Å². The zero-order valence-corrected chi connectivity index (χ0v) is 20.6. The summed E-state index contributed by atoms with van der Waals surface area (Å²) in [5.41, 5.74) is 3.18. The molecule has 0 bridgehead atoms. The number of nitrogens with zero attached hydrogens (tertiary/aromatic N) is 2. The number of carbonyl (C=O) groups is 2. The lowest BCUT2D eigenvalue weighted by Crippen LogP contribution is -2.25. The first-order valence-corrected chi connectivity index (χ1v) is 11.4. The Balaban J connectivity index is 1.78. The predicted molar refractivity (Wildman–Crippen MR) is 133 cm³/mol. The zero-order chi connectivity index (χ0) is 24.8. The third kappa shape index (κ3) is 5.48. The summed E-state index contributed by atoms with van der Waals surface area (Å²) in [5.74, 6) is -1.21. The van der Waals surface area contributed by atoms with Gasteiger partial charge in [-0.15, -0.1) is 0 Å². The Bertz CT molecular complexity index is 1230. The van der Waals surface area contributed by atoms with E-state index in [1.165, 1.54) is 13.3 Å². The van der Waals surface area contributed by atoms with Crippen molar-refractivity contribution in [3.8, 4) is 11.1 Å². The van der Waals surface area contributed by atoms with Crippen LogP contribution < -0.4 is 5.32 Å². The highest BCUT2D eigenvalue weighted by Gasteiger charge is 2.25.